The molecular formula is C15H22N2O3. The van der Waals surface area contributed by atoms with E-state index in [0.717, 1.165) is 18.4 Å². The van der Waals surface area contributed by atoms with Crippen molar-refractivity contribution in [3.05, 3.63) is 23.8 Å². The summed E-state index contributed by atoms with van der Waals surface area (Å²) in [5.41, 5.74) is 6.64. The molecule has 0 bridgehead atoms. The first-order valence-corrected chi connectivity index (χ1v) is 6.78. The zero-order valence-electron chi connectivity index (χ0n) is 12.2. The van der Waals surface area contributed by atoms with Gasteiger partial charge in [0.15, 0.2) is 0 Å². The van der Waals surface area contributed by atoms with E-state index in [1.54, 1.807) is 32.9 Å². The third-order valence-corrected chi connectivity index (χ3v) is 3.17. The first-order chi connectivity index (χ1) is 9.17. The summed E-state index contributed by atoms with van der Waals surface area (Å²) in [4.78, 5) is 11.6. The number of carbonyl (C=O) groups is 1. The lowest BCUT2D eigenvalue weighted by Crippen LogP contribution is -2.27. The quantitative estimate of drug-likeness (QED) is 0.793. The Balaban J connectivity index is 2.00. The summed E-state index contributed by atoms with van der Waals surface area (Å²) in [7, 11) is 0. The Morgan fingerprint density at radius 1 is 1.45 bits per heavy atom. The summed E-state index contributed by atoms with van der Waals surface area (Å²) >= 11 is 0. The summed E-state index contributed by atoms with van der Waals surface area (Å²) in [6.07, 6.45) is 2.10. The molecule has 1 aromatic rings. The van der Waals surface area contributed by atoms with Crippen molar-refractivity contribution in [1.29, 1.82) is 0 Å². The maximum atomic E-state index is 11.6. The van der Waals surface area contributed by atoms with Crippen LogP contribution in [0.1, 0.15) is 39.2 Å². The molecular weight excluding hydrogens is 256 g/mol. The Kier molecular flexibility index (Phi) is 3.65. The van der Waals surface area contributed by atoms with Gasteiger partial charge in [0.1, 0.15) is 11.4 Å². The number of nitrogens with two attached hydrogens (primary N) is 1. The van der Waals surface area contributed by atoms with Gasteiger partial charge in [-0.2, -0.15) is 0 Å². The molecule has 0 saturated heterocycles. The highest BCUT2D eigenvalue weighted by Crippen LogP contribution is 2.38. The summed E-state index contributed by atoms with van der Waals surface area (Å²) in [5, 5.41) is 12.6. The summed E-state index contributed by atoms with van der Waals surface area (Å²) in [5.74, 6) is 0.148. The number of amides is 1. The van der Waals surface area contributed by atoms with Gasteiger partial charge < -0.3 is 15.6 Å². The number of anilines is 1. The lowest BCUT2D eigenvalue weighted by Gasteiger charge is -2.20. The van der Waals surface area contributed by atoms with Gasteiger partial charge in [0.2, 0.25) is 0 Å². The van der Waals surface area contributed by atoms with Crippen molar-refractivity contribution in [2.75, 3.05) is 5.32 Å². The highest BCUT2D eigenvalue weighted by Gasteiger charge is 2.38. The van der Waals surface area contributed by atoms with E-state index >= 15 is 0 Å². The van der Waals surface area contributed by atoms with Gasteiger partial charge in [-0.25, -0.2) is 4.79 Å². The van der Waals surface area contributed by atoms with Gasteiger partial charge in [-0.3, -0.25) is 5.32 Å². The second-order valence-corrected chi connectivity index (χ2v) is 6.51. The molecule has 0 aliphatic heterocycles. The number of phenolic OH excluding ortho intramolecular Hbond substituents is 1. The molecule has 110 valence electrons. The molecule has 0 heterocycles. The Hall–Kier alpha value is -1.75. The van der Waals surface area contributed by atoms with Gasteiger partial charge in [0.05, 0.1) is 0 Å². The minimum Gasteiger partial charge on any atom is -0.508 e. The van der Waals surface area contributed by atoms with Gasteiger partial charge in [0.25, 0.3) is 0 Å². The Morgan fingerprint density at radius 2 is 2.10 bits per heavy atom. The fraction of sp³-hybridized carbons (Fsp3) is 0.533. The normalized spacial score (nSPS) is 16.6. The second kappa shape index (κ2) is 4.98. The maximum Gasteiger partial charge on any atom is 0.412 e. The molecule has 0 spiro atoms. The molecule has 0 atom stereocenters. The standard InChI is InChI=1S/C15H22N2O3/c1-14(2,3)20-13(19)17-11-5-4-10(12(18)8-11)9-15(16)6-7-15/h4-5,8,18H,6-7,9,16H2,1-3H3,(H,17,19). The van der Waals surface area contributed by atoms with Crippen molar-refractivity contribution in [2.45, 2.75) is 51.2 Å². The Labute approximate surface area is 119 Å². The zero-order valence-corrected chi connectivity index (χ0v) is 12.2. The topological polar surface area (TPSA) is 84.6 Å². The highest BCUT2D eigenvalue weighted by molar-refractivity contribution is 5.85. The minimum atomic E-state index is -0.552. The number of carbonyl (C=O) groups excluding carboxylic acids is 1. The lowest BCUT2D eigenvalue weighted by atomic mass is 10.0. The maximum absolute atomic E-state index is 11.6. The van der Waals surface area contributed by atoms with Crippen molar-refractivity contribution < 1.29 is 14.6 Å². The van der Waals surface area contributed by atoms with E-state index in [9.17, 15) is 9.90 Å². The molecule has 5 heteroatoms. The van der Waals surface area contributed by atoms with Crippen LogP contribution in [0.2, 0.25) is 0 Å². The monoisotopic (exact) mass is 278 g/mol. The number of aromatic hydroxyl groups is 1. The van der Waals surface area contributed by atoms with Crippen molar-refractivity contribution in [2.24, 2.45) is 5.73 Å². The molecule has 1 fully saturated rings. The van der Waals surface area contributed by atoms with Crippen LogP contribution >= 0.6 is 0 Å². The highest BCUT2D eigenvalue weighted by atomic mass is 16.6. The Bertz CT molecular complexity index is 516. The molecule has 2 rings (SSSR count). The van der Waals surface area contributed by atoms with Gasteiger partial charge in [-0.15, -0.1) is 0 Å². The van der Waals surface area contributed by atoms with Gasteiger partial charge in [-0.1, -0.05) is 6.07 Å². The molecule has 1 aliphatic rings. The SMILES string of the molecule is CC(C)(C)OC(=O)Nc1ccc(CC2(N)CC2)c(O)c1. The van der Waals surface area contributed by atoms with Crippen LogP contribution in [0.4, 0.5) is 10.5 Å². The lowest BCUT2D eigenvalue weighted by molar-refractivity contribution is 0.0636. The number of nitrogens with one attached hydrogen (secondary N) is 1. The van der Waals surface area contributed by atoms with E-state index in [4.69, 9.17) is 10.5 Å². The van der Waals surface area contributed by atoms with Crippen molar-refractivity contribution in [3.63, 3.8) is 0 Å². The van der Waals surface area contributed by atoms with Crippen molar-refractivity contribution >= 4 is 11.8 Å². The predicted molar refractivity (Wildman–Crippen MR) is 77.8 cm³/mol. The van der Waals surface area contributed by atoms with Crippen LogP contribution < -0.4 is 11.1 Å². The third kappa shape index (κ3) is 4.13. The first kappa shape index (κ1) is 14.7. The van der Waals surface area contributed by atoms with Crippen LogP contribution in [0.25, 0.3) is 0 Å². The number of hydrogen-bond acceptors (Lipinski definition) is 4. The summed E-state index contributed by atoms with van der Waals surface area (Å²) in [6.45, 7) is 5.39. The van der Waals surface area contributed by atoms with E-state index < -0.39 is 11.7 Å². The van der Waals surface area contributed by atoms with Crippen LogP contribution in [-0.4, -0.2) is 22.3 Å². The third-order valence-electron chi connectivity index (χ3n) is 3.17. The molecule has 0 unspecified atom stereocenters. The molecule has 1 aromatic carbocycles. The molecule has 0 radical (unpaired) electrons. The largest absolute Gasteiger partial charge is 0.508 e. The van der Waals surface area contributed by atoms with Gasteiger partial charge in [-0.05, 0) is 51.7 Å². The first-order valence-electron chi connectivity index (χ1n) is 6.78. The minimum absolute atomic E-state index is 0.148. The fourth-order valence-corrected chi connectivity index (χ4v) is 1.93. The number of hydrogen-bond donors (Lipinski definition) is 3. The zero-order chi connectivity index (χ0) is 15.0. The smallest absolute Gasteiger partial charge is 0.412 e. The van der Waals surface area contributed by atoms with E-state index in [1.165, 1.54) is 6.07 Å². The van der Waals surface area contributed by atoms with E-state index in [-0.39, 0.29) is 11.3 Å². The summed E-state index contributed by atoms with van der Waals surface area (Å²) < 4.78 is 5.15. The second-order valence-electron chi connectivity index (χ2n) is 6.51. The Morgan fingerprint density at radius 3 is 2.60 bits per heavy atom. The molecule has 5 nitrogen and oxygen atoms in total. The molecule has 4 N–H and O–H groups in total. The van der Waals surface area contributed by atoms with Crippen molar-refractivity contribution in [1.82, 2.24) is 0 Å². The van der Waals surface area contributed by atoms with Crippen LogP contribution in [0.15, 0.2) is 18.2 Å². The van der Waals surface area contributed by atoms with Crippen molar-refractivity contribution in [3.8, 4) is 5.75 Å². The average Bonchev–Trinajstić information content (AvgIpc) is 2.98. The van der Waals surface area contributed by atoms with Crippen LogP contribution in [0.3, 0.4) is 0 Å². The number of phenols is 1. The number of benzene rings is 1. The van der Waals surface area contributed by atoms with Gasteiger partial charge >= 0.3 is 6.09 Å². The molecule has 1 amide bonds. The number of rotatable bonds is 3. The molecule has 0 aromatic heterocycles. The van der Waals surface area contributed by atoms with Crippen LogP contribution in [-0.2, 0) is 11.2 Å². The average molecular weight is 278 g/mol. The van der Waals surface area contributed by atoms with Gasteiger partial charge in [0, 0.05) is 17.3 Å². The summed E-state index contributed by atoms with van der Waals surface area (Å²) in [6, 6.07) is 5.05. The number of ether oxygens (including phenoxy) is 1. The molecule has 20 heavy (non-hydrogen) atoms. The molecule has 1 aliphatic carbocycles. The van der Waals surface area contributed by atoms with Crippen LogP contribution in [0.5, 0.6) is 5.75 Å². The van der Waals surface area contributed by atoms with E-state index in [0.29, 0.717) is 12.1 Å². The van der Waals surface area contributed by atoms with E-state index in [1.807, 2.05) is 0 Å². The van der Waals surface area contributed by atoms with E-state index in [2.05, 4.69) is 5.32 Å². The van der Waals surface area contributed by atoms with Crippen LogP contribution in [0, 0.1) is 0 Å². The predicted octanol–water partition coefficient (Wildman–Crippen LogP) is 2.77. The molecule has 1 saturated carbocycles. The fourth-order valence-electron chi connectivity index (χ4n) is 1.93.